The minimum Gasteiger partial charge on any atom is -0.494 e. The van der Waals surface area contributed by atoms with Crippen LogP contribution in [-0.4, -0.2) is 40.6 Å². The fraction of sp³-hybridized carbons (Fsp3) is 0.350. The van der Waals surface area contributed by atoms with E-state index in [0.717, 1.165) is 36.7 Å². The van der Waals surface area contributed by atoms with Gasteiger partial charge in [0.1, 0.15) is 5.75 Å². The van der Waals surface area contributed by atoms with Crippen molar-refractivity contribution in [2.75, 3.05) is 26.2 Å². The summed E-state index contributed by atoms with van der Waals surface area (Å²) in [5.74, 6) is 1.62. The van der Waals surface area contributed by atoms with Crippen molar-refractivity contribution < 1.29 is 13.2 Å². The smallest absolute Gasteiger partial charge is 0.238 e. The third-order valence-corrected chi connectivity index (χ3v) is 4.82. The number of nitrogens with two attached hydrogens (primary N) is 1. The number of nitrogens with one attached hydrogen (secondary N) is 2. The summed E-state index contributed by atoms with van der Waals surface area (Å²) in [5, 5.41) is 11.6. The summed E-state index contributed by atoms with van der Waals surface area (Å²) in [6.45, 7) is 4.74. The minimum absolute atomic E-state index is 0.122. The number of guanidine groups is 1. The number of para-hydroxylation sites is 1. The first-order valence-corrected chi connectivity index (χ1v) is 10.9. The Hall–Kier alpha value is -2.58. The van der Waals surface area contributed by atoms with Gasteiger partial charge >= 0.3 is 0 Å². The molecule has 2 aromatic carbocycles. The van der Waals surface area contributed by atoms with Gasteiger partial charge in [-0.1, -0.05) is 30.3 Å². The van der Waals surface area contributed by atoms with Crippen molar-refractivity contribution in [3.8, 4) is 5.75 Å². The number of benzene rings is 2. The Balaban J connectivity index is 1.73. The van der Waals surface area contributed by atoms with Crippen molar-refractivity contribution in [3.05, 3.63) is 60.2 Å². The SMILES string of the molecule is CCNC(=NCCCOc1ccccc1)NCCc1ccc(S(N)(=O)=O)cc1. The quantitative estimate of drug-likeness (QED) is 0.319. The molecule has 8 heteroatoms. The molecule has 0 saturated carbocycles. The van der Waals surface area contributed by atoms with Gasteiger partial charge in [-0.2, -0.15) is 0 Å². The van der Waals surface area contributed by atoms with Gasteiger partial charge in [0.15, 0.2) is 5.96 Å². The van der Waals surface area contributed by atoms with Crippen LogP contribution >= 0.6 is 0 Å². The Morgan fingerprint density at radius 2 is 1.79 bits per heavy atom. The number of primary sulfonamides is 1. The maximum atomic E-state index is 11.3. The highest BCUT2D eigenvalue weighted by molar-refractivity contribution is 7.89. The third-order valence-electron chi connectivity index (χ3n) is 3.89. The molecule has 0 aliphatic carbocycles. The van der Waals surface area contributed by atoms with E-state index in [2.05, 4.69) is 15.6 Å². The lowest BCUT2D eigenvalue weighted by atomic mass is 10.1. The molecule has 0 atom stereocenters. The second-order valence-corrected chi connectivity index (χ2v) is 7.70. The second kappa shape index (κ2) is 11.3. The van der Waals surface area contributed by atoms with Crippen LogP contribution in [0.15, 0.2) is 64.5 Å². The van der Waals surface area contributed by atoms with Crippen LogP contribution in [0.5, 0.6) is 5.75 Å². The standard InChI is InChI=1S/C20H28N4O3S/c1-2-22-20(23-14-6-16-27-18-7-4-3-5-8-18)24-15-13-17-9-11-19(12-10-17)28(21,25)26/h3-5,7-12H,2,6,13-16H2,1H3,(H2,21,25,26)(H2,22,23,24). The van der Waals surface area contributed by atoms with E-state index >= 15 is 0 Å². The van der Waals surface area contributed by atoms with Gasteiger partial charge in [-0.05, 0) is 43.2 Å². The molecule has 0 unspecified atom stereocenters. The van der Waals surface area contributed by atoms with Gasteiger partial charge in [-0.3, -0.25) is 4.99 Å². The highest BCUT2D eigenvalue weighted by atomic mass is 32.2. The predicted octanol–water partition coefficient (Wildman–Crippen LogP) is 1.90. The molecule has 0 bridgehead atoms. The van der Waals surface area contributed by atoms with Gasteiger partial charge in [0.2, 0.25) is 10.0 Å². The molecule has 0 radical (unpaired) electrons. The van der Waals surface area contributed by atoms with Crippen LogP contribution < -0.4 is 20.5 Å². The van der Waals surface area contributed by atoms with E-state index in [1.165, 1.54) is 12.1 Å². The average molecular weight is 405 g/mol. The van der Waals surface area contributed by atoms with Gasteiger partial charge in [0.05, 0.1) is 11.5 Å². The van der Waals surface area contributed by atoms with E-state index in [4.69, 9.17) is 9.88 Å². The lowest BCUT2D eigenvalue weighted by Crippen LogP contribution is -2.38. The summed E-state index contributed by atoms with van der Waals surface area (Å²) >= 11 is 0. The van der Waals surface area contributed by atoms with Crippen molar-refractivity contribution in [2.24, 2.45) is 10.1 Å². The first-order chi connectivity index (χ1) is 13.5. The highest BCUT2D eigenvalue weighted by Gasteiger charge is 2.06. The monoisotopic (exact) mass is 404 g/mol. The number of hydrogen-bond acceptors (Lipinski definition) is 4. The summed E-state index contributed by atoms with van der Waals surface area (Å²) in [7, 11) is -3.65. The normalized spacial score (nSPS) is 11.9. The van der Waals surface area contributed by atoms with Crippen molar-refractivity contribution in [1.29, 1.82) is 0 Å². The molecule has 0 heterocycles. The molecule has 0 aromatic heterocycles. The zero-order valence-corrected chi connectivity index (χ0v) is 16.9. The summed E-state index contributed by atoms with van der Waals surface area (Å²) in [4.78, 5) is 4.66. The lowest BCUT2D eigenvalue weighted by Gasteiger charge is -2.11. The van der Waals surface area contributed by atoms with Crippen LogP contribution in [0.3, 0.4) is 0 Å². The third kappa shape index (κ3) is 7.98. The molecular weight excluding hydrogens is 376 g/mol. The molecule has 4 N–H and O–H groups in total. The van der Waals surface area contributed by atoms with Crippen molar-refractivity contribution in [1.82, 2.24) is 10.6 Å². The molecule has 2 aromatic rings. The first-order valence-electron chi connectivity index (χ1n) is 9.31. The molecule has 152 valence electrons. The fourth-order valence-electron chi connectivity index (χ4n) is 2.47. The number of ether oxygens (including phenoxy) is 1. The van der Waals surface area contributed by atoms with Crippen molar-refractivity contribution in [3.63, 3.8) is 0 Å². The van der Waals surface area contributed by atoms with Crippen LogP contribution in [0, 0.1) is 0 Å². The summed E-state index contributed by atoms with van der Waals surface area (Å²) in [6.07, 6.45) is 1.56. The summed E-state index contributed by atoms with van der Waals surface area (Å²) < 4.78 is 28.2. The molecule has 0 aliphatic rings. The van der Waals surface area contributed by atoms with Crippen LogP contribution in [0.25, 0.3) is 0 Å². The molecule has 0 fully saturated rings. The zero-order chi connectivity index (χ0) is 20.2. The van der Waals surface area contributed by atoms with E-state index < -0.39 is 10.0 Å². The maximum absolute atomic E-state index is 11.3. The highest BCUT2D eigenvalue weighted by Crippen LogP contribution is 2.09. The van der Waals surface area contributed by atoms with Crippen molar-refractivity contribution >= 4 is 16.0 Å². The molecule has 7 nitrogen and oxygen atoms in total. The Morgan fingerprint density at radius 3 is 2.43 bits per heavy atom. The maximum Gasteiger partial charge on any atom is 0.238 e. The molecule has 0 spiro atoms. The van der Waals surface area contributed by atoms with E-state index in [-0.39, 0.29) is 4.90 Å². The largest absolute Gasteiger partial charge is 0.494 e. The molecule has 2 rings (SSSR count). The molecule has 0 amide bonds. The van der Waals surface area contributed by atoms with Gasteiger partial charge < -0.3 is 15.4 Å². The topological polar surface area (TPSA) is 106 Å². The Kier molecular flexibility index (Phi) is 8.77. The second-order valence-electron chi connectivity index (χ2n) is 6.14. The lowest BCUT2D eigenvalue weighted by molar-refractivity contribution is 0.313. The summed E-state index contributed by atoms with van der Waals surface area (Å²) in [6, 6.07) is 16.3. The molecule has 0 aliphatic heterocycles. The van der Waals surface area contributed by atoms with Crippen molar-refractivity contribution in [2.45, 2.75) is 24.7 Å². The van der Waals surface area contributed by atoms with Gasteiger partial charge in [-0.25, -0.2) is 13.6 Å². The molecule has 0 saturated heterocycles. The van der Waals surface area contributed by atoms with Crippen LogP contribution in [0.1, 0.15) is 18.9 Å². The molecular formula is C20H28N4O3S. The summed E-state index contributed by atoms with van der Waals surface area (Å²) in [5.41, 5.74) is 1.02. The predicted molar refractivity (Wildman–Crippen MR) is 112 cm³/mol. The first kappa shape index (κ1) is 21.7. The average Bonchev–Trinajstić information content (AvgIpc) is 2.68. The van der Waals surface area contributed by atoms with E-state index in [1.807, 2.05) is 37.3 Å². The Labute approximate surface area is 167 Å². The molecule has 28 heavy (non-hydrogen) atoms. The minimum atomic E-state index is -3.65. The number of sulfonamides is 1. The van der Waals surface area contributed by atoms with Gasteiger partial charge in [0, 0.05) is 26.1 Å². The van der Waals surface area contributed by atoms with Crippen LogP contribution in [0.2, 0.25) is 0 Å². The zero-order valence-electron chi connectivity index (χ0n) is 16.1. The Morgan fingerprint density at radius 1 is 1.07 bits per heavy atom. The number of nitrogens with zero attached hydrogens (tertiary/aromatic N) is 1. The van der Waals surface area contributed by atoms with Crippen LogP contribution in [0.4, 0.5) is 0 Å². The van der Waals surface area contributed by atoms with E-state index in [9.17, 15) is 8.42 Å². The Bertz CT molecular complexity index is 838. The van der Waals surface area contributed by atoms with Gasteiger partial charge in [-0.15, -0.1) is 0 Å². The fourth-order valence-corrected chi connectivity index (χ4v) is 2.99. The van der Waals surface area contributed by atoms with Gasteiger partial charge in [0.25, 0.3) is 0 Å². The number of rotatable bonds is 10. The number of hydrogen-bond donors (Lipinski definition) is 3. The van der Waals surface area contributed by atoms with Crippen LogP contribution in [-0.2, 0) is 16.4 Å². The number of aliphatic imine (C=N–C) groups is 1. The van der Waals surface area contributed by atoms with E-state index in [1.54, 1.807) is 12.1 Å². The van der Waals surface area contributed by atoms with E-state index in [0.29, 0.717) is 19.7 Å².